The van der Waals surface area contributed by atoms with E-state index in [-0.39, 0.29) is 5.92 Å². The standard InChI is InChI=1S/C16H29NO3/c1-11-4-3-5-14(12(11)2)17-10-16(20)8-6-13(7-9-16)15(18)19/h11-14,17,20H,3-10H2,1-2H3,(H,18,19). The summed E-state index contributed by atoms with van der Waals surface area (Å²) in [5.41, 5.74) is -0.702. The van der Waals surface area contributed by atoms with E-state index >= 15 is 0 Å². The topological polar surface area (TPSA) is 69.6 Å². The van der Waals surface area contributed by atoms with Crippen molar-refractivity contribution in [2.45, 2.75) is 70.4 Å². The van der Waals surface area contributed by atoms with Crippen molar-refractivity contribution in [2.24, 2.45) is 17.8 Å². The first-order valence-electron chi connectivity index (χ1n) is 8.10. The molecule has 2 rings (SSSR count). The molecule has 2 saturated carbocycles. The molecular weight excluding hydrogens is 254 g/mol. The van der Waals surface area contributed by atoms with Gasteiger partial charge in [0, 0.05) is 12.6 Å². The zero-order valence-electron chi connectivity index (χ0n) is 12.8. The molecule has 4 heteroatoms. The molecule has 2 aliphatic rings. The van der Waals surface area contributed by atoms with Crippen LogP contribution in [0.25, 0.3) is 0 Å². The van der Waals surface area contributed by atoms with E-state index in [0.29, 0.717) is 44.2 Å². The van der Waals surface area contributed by atoms with Crippen molar-refractivity contribution in [1.82, 2.24) is 5.32 Å². The lowest BCUT2D eigenvalue weighted by Crippen LogP contribution is -2.50. The molecule has 2 aliphatic carbocycles. The van der Waals surface area contributed by atoms with Gasteiger partial charge in [-0.1, -0.05) is 26.7 Å². The van der Waals surface area contributed by atoms with Gasteiger partial charge in [-0.3, -0.25) is 4.79 Å². The second-order valence-electron chi connectivity index (χ2n) is 7.09. The number of carboxylic acid groups (broad SMARTS) is 1. The van der Waals surface area contributed by atoms with Gasteiger partial charge >= 0.3 is 5.97 Å². The van der Waals surface area contributed by atoms with Crippen molar-refractivity contribution < 1.29 is 15.0 Å². The molecule has 0 amide bonds. The number of rotatable bonds is 4. The molecule has 0 spiro atoms. The molecule has 20 heavy (non-hydrogen) atoms. The Balaban J connectivity index is 1.80. The van der Waals surface area contributed by atoms with Crippen LogP contribution in [0.2, 0.25) is 0 Å². The summed E-state index contributed by atoms with van der Waals surface area (Å²) >= 11 is 0. The van der Waals surface area contributed by atoms with Crippen LogP contribution in [0.1, 0.15) is 58.8 Å². The van der Waals surface area contributed by atoms with Crippen LogP contribution < -0.4 is 5.32 Å². The smallest absolute Gasteiger partial charge is 0.306 e. The van der Waals surface area contributed by atoms with E-state index in [2.05, 4.69) is 19.2 Å². The summed E-state index contributed by atoms with van der Waals surface area (Å²) < 4.78 is 0. The third-order valence-corrected chi connectivity index (χ3v) is 5.67. The molecule has 3 unspecified atom stereocenters. The number of hydrogen-bond donors (Lipinski definition) is 3. The molecule has 0 bridgehead atoms. The fourth-order valence-corrected chi connectivity index (χ4v) is 3.77. The predicted molar refractivity (Wildman–Crippen MR) is 78.5 cm³/mol. The molecule has 0 aromatic rings. The Morgan fingerprint density at radius 3 is 2.45 bits per heavy atom. The van der Waals surface area contributed by atoms with E-state index in [4.69, 9.17) is 5.11 Å². The normalized spacial score (nSPS) is 42.4. The van der Waals surface area contributed by atoms with Crippen LogP contribution in [0.15, 0.2) is 0 Å². The number of carboxylic acids is 1. The monoisotopic (exact) mass is 283 g/mol. The van der Waals surface area contributed by atoms with Gasteiger partial charge in [0.2, 0.25) is 0 Å². The molecule has 0 saturated heterocycles. The third-order valence-electron chi connectivity index (χ3n) is 5.67. The maximum Gasteiger partial charge on any atom is 0.306 e. The van der Waals surface area contributed by atoms with Crippen LogP contribution in [-0.2, 0) is 4.79 Å². The van der Waals surface area contributed by atoms with E-state index < -0.39 is 11.6 Å². The molecule has 0 aromatic carbocycles. The average Bonchev–Trinajstić information content (AvgIpc) is 2.41. The molecule has 0 heterocycles. The van der Waals surface area contributed by atoms with E-state index in [1.165, 1.54) is 19.3 Å². The van der Waals surface area contributed by atoms with Crippen molar-refractivity contribution in [2.75, 3.05) is 6.54 Å². The first kappa shape index (κ1) is 15.8. The first-order chi connectivity index (χ1) is 9.41. The van der Waals surface area contributed by atoms with Crippen molar-refractivity contribution in [1.29, 1.82) is 0 Å². The van der Waals surface area contributed by atoms with Gasteiger partial charge < -0.3 is 15.5 Å². The van der Waals surface area contributed by atoms with Crippen molar-refractivity contribution >= 4 is 5.97 Å². The number of carbonyl (C=O) groups is 1. The molecule has 3 atom stereocenters. The van der Waals surface area contributed by atoms with Gasteiger partial charge in [-0.05, 0) is 43.9 Å². The van der Waals surface area contributed by atoms with Crippen LogP contribution in [0.5, 0.6) is 0 Å². The van der Waals surface area contributed by atoms with Crippen LogP contribution in [-0.4, -0.2) is 34.4 Å². The van der Waals surface area contributed by atoms with E-state index in [9.17, 15) is 9.90 Å². The summed E-state index contributed by atoms with van der Waals surface area (Å²) in [6.07, 6.45) is 6.18. The molecular formula is C16H29NO3. The van der Waals surface area contributed by atoms with Crippen LogP contribution in [0.3, 0.4) is 0 Å². The largest absolute Gasteiger partial charge is 0.481 e. The molecule has 116 valence electrons. The zero-order chi connectivity index (χ0) is 14.8. The van der Waals surface area contributed by atoms with Crippen molar-refractivity contribution in [3.8, 4) is 0 Å². The molecule has 2 fully saturated rings. The van der Waals surface area contributed by atoms with Crippen molar-refractivity contribution in [3.63, 3.8) is 0 Å². The molecule has 0 radical (unpaired) electrons. The second kappa shape index (κ2) is 6.44. The van der Waals surface area contributed by atoms with Gasteiger partial charge in [0.05, 0.1) is 11.5 Å². The van der Waals surface area contributed by atoms with Gasteiger partial charge in [0.25, 0.3) is 0 Å². The Labute approximate surface area is 122 Å². The Bertz CT molecular complexity index is 337. The first-order valence-corrected chi connectivity index (χ1v) is 8.10. The summed E-state index contributed by atoms with van der Waals surface area (Å²) in [7, 11) is 0. The number of aliphatic hydroxyl groups is 1. The quantitative estimate of drug-likeness (QED) is 0.741. The molecule has 0 aromatic heterocycles. The predicted octanol–water partition coefficient (Wildman–Crippen LogP) is 2.41. The third kappa shape index (κ3) is 3.73. The second-order valence-corrected chi connectivity index (χ2v) is 7.09. The number of hydrogen-bond acceptors (Lipinski definition) is 3. The number of aliphatic carboxylic acids is 1. The highest BCUT2D eigenvalue weighted by Crippen LogP contribution is 2.33. The maximum absolute atomic E-state index is 11.0. The lowest BCUT2D eigenvalue weighted by atomic mass is 9.76. The van der Waals surface area contributed by atoms with Gasteiger partial charge in [0.15, 0.2) is 0 Å². The van der Waals surface area contributed by atoms with Gasteiger partial charge in [-0.2, -0.15) is 0 Å². The summed E-state index contributed by atoms with van der Waals surface area (Å²) in [5, 5.41) is 23.2. The van der Waals surface area contributed by atoms with E-state index in [0.717, 1.165) is 5.92 Å². The Kier molecular flexibility index (Phi) is 5.08. The fourth-order valence-electron chi connectivity index (χ4n) is 3.77. The van der Waals surface area contributed by atoms with Crippen LogP contribution in [0.4, 0.5) is 0 Å². The highest BCUT2D eigenvalue weighted by molar-refractivity contribution is 5.70. The summed E-state index contributed by atoms with van der Waals surface area (Å²) in [6, 6.07) is 0.500. The van der Waals surface area contributed by atoms with Gasteiger partial charge in [0.1, 0.15) is 0 Å². The summed E-state index contributed by atoms with van der Waals surface area (Å²) in [5.74, 6) is 0.431. The summed E-state index contributed by atoms with van der Waals surface area (Å²) in [6.45, 7) is 5.22. The van der Waals surface area contributed by atoms with Gasteiger partial charge in [-0.15, -0.1) is 0 Å². The minimum Gasteiger partial charge on any atom is -0.481 e. The van der Waals surface area contributed by atoms with E-state index in [1.54, 1.807) is 0 Å². The Hall–Kier alpha value is -0.610. The fraction of sp³-hybridized carbons (Fsp3) is 0.938. The molecule has 4 nitrogen and oxygen atoms in total. The lowest BCUT2D eigenvalue weighted by molar-refractivity contribution is -0.144. The Morgan fingerprint density at radius 2 is 1.85 bits per heavy atom. The minimum atomic E-state index is -0.713. The Morgan fingerprint density at radius 1 is 1.20 bits per heavy atom. The highest BCUT2D eigenvalue weighted by Gasteiger charge is 2.37. The van der Waals surface area contributed by atoms with Crippen LogP contribution in [0, 0.1) is 17.8 Å². The molecule has 3 N–H and O–H groups in total. The van der Waals surface area contributed by atoms with Gasteiger partial charge in [-0.25, -0.2) is 0 Å². The number of nitrogens with one attached hydrogen (secondary N) is 1. The minimum absolute atomic E-state index is 0.260. The SMILES string of the molecule is CC1CCCC(NCC2(O)CCC(C(=O)O)CC2)C1C. The lowest BCUT2D eigenvalue weighted by Gasteiger charge is -2.39. The molecule has 0 aliphatic heterocycles. The highest BCUT2D eigenvalue weighted by atomic mass is 16.4. The average molecular weight is 283 g/mol. The van der Waals surface area contributed by atoms with Crippen LogP contribution >= 0.6 is 0 Å². The zero-order valence-corrected chi connectivity index (χ0v) is 12.8. The van der Waals surface area contributed by atoms with E-state index in [1.807, 2.05) is 0 Å². The maximum atomic E-state index is 11.0. The van der Waals surface area contributed by atoms with Crippen molar-refractivity contribution in [3.05, 3.63) is 0 Å². The summed E-state index contributed by atoms with van der Waals surface area (Å²) in [4.78, 5) is 11.0.